The smallest absolute Gasteiger partial charge is 0.325 e. The number of thiazole rings is 1. The number of ether oxygens (including phenoxy) is 1. The maximum Gasteiger partial charge on any atom is 0.325 e. The second-order valence-corrected chi connectivity index (χ2v) is 7.93. The number of anilines is 2. The van der Waals surface area contributed by atoms with Gasteiger partial charge in [-0.2, -0.15) is 5.10 Å². The zero-order chi connectivity index (χ0) is 17.2. The predicted octanol–water partition coefficient (Wildman–Crippen LogP) is 3.37. The van der Waals surface area contributed by atoms with E-state index in [1.165, 1.54) is 4.88 Å². The molecule has 1 saturated heterocycles. The Bertz CT molecular complexity index is 746. The molecule has 2 fully saturated rings. The maximum atomic E-state index is 12.3. The summed E-state index contributed by atoms with van der Waals surface area (Å²) in [7, 11) is 1.92. The van der Waals surface area contributed by atoms with Crippen molar-refractivity contribution in [1.82, 2.24) is 14.8 Å². The Morgan fingerprint density at radius 3 is 2.84 bits per heavy atom. The fraction of sp³-hybridized carbons (Fsp3) is 0.588. The minimum Gasteiger partial charge on any atom is -0.381 e. The Morgan fingerprint density at radius 1 is 1.28 bits per heavy atom. The highest BCUT2D eigenvalue weighted by Crippen LogP contribution is 2.43. The van der Waals surface area contributed by atoms with Gasteiger partial charge in [0, 0.05) is 37.3 Å². The molecule has 2 aromatic heterocycles. The molecule has 1 aliphatic carbocycles. The van der Waals surface area contributed by atoms with Crippen LogP contribution in [-0.4, -0.2) is 34.0 Å². The molecule has 0 atom stereocenters. The second-order valence-electron chi connectivity index (χ2n) is 6.81. The largest absolute Gasteiger partial charge is 0.381 e. The molecule has 3 heterocycles. The SMILES string of the molecule is Cn1ncc(NC(=O)Nc2ncc(CC3CCOCC3)s2)c1C1CC1. The Morgan fingerprint density at radius 2 is 2.08 bits per heavy atom. The van der Waals surface area contributed by atoms with Gasteiger partial charge in [0.1, 0.15) is 0 Å². The number of hydrogen-bond acceptors (Lipinski definition) is 5. The van der Waals surface area contributed by atoms with E-state index >= 15 is 0 Å². The van der Waals surface area contributed by atoms with E-state index in [0.717, 1.165) is 56.7 Å². The first-order valence-electron chi connectivity index (χ1n) is 8.81. The molecule has 8 heteroatoms. The van der Waals surface area contributed by atoms with Gasteiger partial charge in [0.25, 0.3) is 0 Å². The molecule has 7 nitrogen and oxygen atoms in total. The predicted molar refractivity (Wildman–Crippen MR) is 97.2 cm³/mol. The van der Waals surface area contributed by atoms with Crippen molar-refractivity contribution in [3.63, 3.8) is 0 Å². The third-order valence-electron chi connectivity index (χ3n) is 4.80. The van der Waals surface area contributed by atoms with Crippen molar-refractivity contribution in [3.8, 4) is 0 Å². The number of hydrogen-bond donors (Lipinski definition) is 2. The zero-order valence-electron chi connectivity index (χ0n) is 14.3. The minimum atomic E-state index is -0.262. The molecule has 2 aromatic rings. The Labute approximate surface area is 150 Å². The van der Waals surface area contributed by atoms with Crippen molar-refractivity contribution in [2.24, 2.45) is 13.0 Å². The monoisotopic (exact) mass is 361 g/mol. The molecule has 2 amide bonds. The van der Waals surface area contributed by atoms with Crippen molar-refractivity contribution in [2.75, 3.05) is 23.8 Å². The fourth-order valence-corrected chi connectivity index (χ4v) is 4.25. The van der Waals surface area contributed by atoms with E-state index < -0.39 is 0 Å². The molecule has 134 valence electrons. The van der Waals surface area contributed by atoms with Crippen LogP contribution < -0.4 is 10.6 Å². The molecule has 0 radical (unpaired) electrons. The van der Waals surface area contributed by atoms with Crippen LogP contribution in [0.4, 0.5) is 15.6 Å². The molecular weight excluding hydrogens is 338 g/mol. The van der Waals surface area contributed by atoms with Crippen molar-refractivity contribution < 1.29 is 9.53 Å². The normalized spacial score (nSPS) is 18.3. The summed E-state index contributed by atoms with van der Waals surface area (Å²) < 4.78 is 7.25. The third kappa shape index (κ3) is 4.01. The van der Waals surface area contributed by atoms with E-state index in [1.54, 1.807) is 17.5 Å². The number of nitrogens with one attached hydrogen (secondary N) is 2. The van der Waals surface area contributed by atoms with E-state index in [4.69, 9.17) is 4.74 Å². The summed E-state index contributed by atoms with van der Waals surface area (Å²) in [6, 6.07) is -0.262. The summed E-state index contributed by atoms with van der Waals surface area (Å²) in [6.07, 6.45) is 9.13. The van der Waals surface area contributed by atoms with Gasteiger partial charge in [0.2, 0.25) is 0 Å². The van der Waals surface area contributed by atoms with Crippen molar-refractivity contribution in [2.45, 2.75) is 38.0 Å². The summed E-state index contributed by atoms with van der Waals surface area (Å²) in [4.78, 5) is 17.8. The molecule has 2 aliphatic rings. The van der Waals surface area contributed by atoms with Crippen LogP contribution in [0, 0.1) is 5.92 Å². The van der Waals surface area contributed by atoms with Crippen LogP contribution in [-0.2, 0) is 18.2 Å². The summed E-state index contributed by atoms with van der Waals surface area (Å²) in [5.74, 6) is 1.18. The van der Waals surface area contributed by atoms with Gasteiger partial charge in [-0.15, -0.1) is 11.3 Å². The summed E-state index contributed by atoms with van der Waals surface area (Å²) >= 11 is 1.55. The molecule has 1 saturated carbocycles. The number of aromatic nitrogens is 3. The van der Waals surface area contributed by atoms with Crippen LogP contribution in [0.15, 0.2) is 12.4 Å². The van der Waals surface area contributed by atoms with Crippen LogP contribution in [0.3, 0.4) is 0 Å². The lowest BCUT2D eigenvalue weighted by atomic mass is 9.96. The highest BCUT2D eigenvalue weighted by Gasteiger charge is 2.30. The third-order valence-corrected chi connectivity index (χ3v) is 5.74. The molecular formula is C17H23N5O2S. The number of amides is 2. The van der Waals surface area contributed by atoms with Gasteiger partial charge in [-0.05, 0) is 38.0 Å². The molecule has 1 aliphatic heterocycles. The molecule has 2 N–H and O–H groups in total. The molecule has 0 spiro atoms. The molecule has 0 aromatic carbocycles. The van der Waals surface area contributed by atoms with E-state index in [2.05, 4.69) is 20.7 Å². The summed E-state index contributed by atoms with van der Waals surface area (Å²) in [5, 5.41) is 10.6. The molecule has 0 bridgehead atoms. The van der Waals surface area contributed by atoms with Crippen LogP contribution >= 0.6 is 11.3 Å². The van der Waals surface area contributed by atoms with Crippen LogP contribution in [0.1, 0.15) is 42.2 Å². The minimum absolute atomic E-state index is 0.262. The molecule has 25 heavy (non-hydrogen) atoms. The Hall–Kier alpha value is -1.93. The van der Waals surface area contributed by atoms with Crippen molar-refractivity contribution >= 4 is 28.2 Å². The van der Waals surface area contributed by atoms with E-state index in [1.807, 2.05) is 17.9 Å². The Balaban J connectivity index is 1.33. The quantitative estimate of drug-likeness (QED) is 0.855. The fourth-order valence-electron chi connectivity index (χ4n) is 3.33. The topological polar surface area (TPSA) is 81.1 Å². The maximum absolute atomic E-state index is 12.3. The van der Waals surface area contributed by atoms with Crippen molar-refractivity contribution in [1.29, 1.82) is 0 Å². The lowest BCUT2D eigenvalue weighted by Crippen LogP contribution is -2.20. The highest BCUT2D eigenvalue weighted by atomic mass is 32.1. The summed E-state index contributed by atoms with van der Waals surface area (Å²) in [5.41, 5.74) is 1.90. The highest BCUT2D eigenvalue weighted by molar-refractivity contribution is 7.15. The number of aryl methyl sites for hydroxylation is 1. The van der Waals surface area contributed by atoms with Crippen LogP contribution in [0.5, 0.6) is 0 Å². The van der Waals surface area contributed by atoms with E-state index in [9.17, 15) is 4.79 Å². The molecule has 0 unspecified atom stereocenters. The van der Waals surface area contributed by atoms with Gasteiger partial charge >= 0.3 is 6.03 Å². The second kappa shape index (κ2) is 7.13. The van der Waals surface area contributed by atoms with Gasteiger partial charge in [-0.25, -0.2) is 9.78 Å². The Kier molecular flexibility index (Phi) is 4.72. The molecule has 4 rings (SSSR count). The lowest BCUT2D eigenvalue weighted by molar-refractivity contribution is 0.0667. The van der Waals surface area contributed by atoms with Gasteiger partial charge < -0.3 is 10.1 Å². The van der Waals surface area contributed by atoms with Gasteiger partial charge in [0.15, 0.2) is 5.13 Å². The zero-order valence-corrected chi connectivity index (χ0v) is 15.1. The van der Waals surface area contributed by atoms with Crippen LogP contribution in [0.25, 0.3) is 0 Å². The number of carbonyl (C=O) groups excluding carboxylic acids is 1. The van der Waals surface area contributed by atoms with Gasteiger partial charge in [-0.1, -0.05) is 0 Å². The van der Waals surface area contributed by atoms with E-state index in [-0.39, 0.29) is 6.03 Å². The lowest BCUT2D eigenvalue weighted by Gasteiger charge is -2.20. The standard InChI is InChI=1S/C17H23N5O2S/c1-22-15(12-2-3-12)14(10-19-22)20-16(23)21-17-18-9-13(25-17)8-11-4-6-24-7-5-11/h9-12H,2-8H2,1H3,(H2,18,20,21,23). The first-order chi connectivity index (χ1) is 12.2. The summed E-state index contributed by atoms with van der Waals surface area (Å²) in [6.45, 7) is 1.71. The van der Waals surface area contributed by atoms with Crippen molar-refractivity contribution in [3.05, 3.63) is 23.0 Å². The first kappa shape index (κ1) is 16.5. The number of nitrogens with zero attached hydrogens (tertiary/aromatic N) is 3. The number of urea groups is 1. The number of carbonyl (C=O) groups is 1. The van der Waals surface area contributed by atoms with Gasteiger partial charge in [-0.3, -0.25) is 10.00 Å². The van der Waals surface area contributed by atoms with Crippen LogP contribution in [0.2, 0.25) is 0 Å². The number of rotatable bonds is 5. The van der Waals surface area contributed by atoms with Gasteiger partial charge in [0.05, 0.1) is 17.6 Å². The first-order valence-corrected chi connectivity index (χ1v) is 9.63. The average molecular weight is 361 g/mol. The average Bonchev–Trinajstić information content (AvgIpc) is 3.24. The van der Waals surface area contributed by atoms with E-state index in [0.29, 0.717) is 17.0 Å².